The van der Waals surface area contributed by atoms with E-state index < -0.39 is 68.0 Å². The van der Waals surface area contributed by atoms with Crippen molar-refractivity contribution in [3.05, 3.63) is 57.6 Å². The van der Waals surface area contributed by atoms with Crippen LogP contribution >= 0.6 is 7.82 Å². The van der Waals surface area contributed by atoms with Crippen molar-refractivity contribution < 1.29 is 42.6 Å². The Hall–Kier alpha value is -3.31. The SMILES string of the molecule is C#CC1(O)[C@@H](O)[C@@H](CO[P@](=O)(Oc2ccccc2)O[C@@H](C)C(=O)OC(C)C)O[C@H]1n1cnc(=O)[nH]c1=O. The van der Waals surface area contributed by atoms with Gasteiger partial charge in [0, 0.05) is 0 Å². The number of carbonyl (C=O) groups is 1. The molecule has 2 aromatic rings. The molecule has 0 bridgehead atoms. The number of aliphatic hydroxyl groups excluding tert-OH is 1. The van der Waals surface area contributed by atoms with Crippen molar-refractivity contribution in [1.82, 2.24) is 14.5 Å². The standard InChI is InChI=1S/C22H26N3O11P/c1-5-22(30)17(26)16(34-19(22)25-12-23-20(28)24-21(25)29)11-32-37(31,36-15-9-7-6-8-10-15)35-14(4)18(27)33-13(2)3/h1,6-10,12-14,16-17,19,26,30H,11H2,2-4H3,(H,24,28,29)/t14-,16+,17-,19+,22?,37-/m0/s1. The molecule has 1 aromatic heterocycles. The van der Waals surface area contributed by atoms with Crippen molar-refractivity contribution in [3.8, 4) is 18.1 Å². The van der Waals surface area contributed by atoms with E-state index in [9.17, 15) is 29.2 Å². The lowest BCUT2D eigenvalue weighted by Crippen LogP contribution is -2.48. The number of hydrogen-bond donors (Lipinski definition) is 3. The van der Waals surface area contributed by atoms with Crippen molar-refractivity contribution in [3.63, 3.8) is 0 Å². The minimum absolute atomic E-state index is 0.0759. The molecule has 0 aliphatic carbocycles. The Bertz CT molecular complexity index is 1310. The Morgan fingerprint density at radius 2 is 2.00 bits per heavy atom. The largest absolute Gasteiger partial charge is 0.530 e. The van der Waals surface area contributed by atoms with Crippen LogP contribution in [0.5, 0.6) is 5.75 Å². The Morgan fingerprint density at radius 3 is 2.59 bits per heavy atom. The maximum Gasteiger partial charge on any atom is 0.530 e. The van der Waals surface area contributed by atoms with Crippen molar-refractivity contribution in [2.24, 2.45) is 0 Å². The van der Waals surface area contributed by atoms with Gasteiger partial charge in [0.1, 0.15) is 24.3 Å². The third kappa shape index (κ3) is 6.53. The molecule has 1 aliphatic heterocycles. The zero-order valence-corrected chi connectivity index (χ0v) is 20.9. The number of terminal acetylenes is 1. The number of nitrogens with one attached hydrogen (secondary N) is 1. The van der Waals surface area contributed by atoms with Crippen LogP contribution in [0, 0.1) is 12.3 Å². The summed E-state index contributed by atoms with van der Waals surface area (Å²) in [5, 5.41) is 21.6. The van der Waals surface area contributed by atoms with Gasteiger partial charge in [-0.2, -0.15) is 4.98 Å². The summed E-state index contributed by atoms with van der Waals surface area (Å²) >= 11 is 0. The zero-order valence-electron chi connectivity index (χ0n) is 20.0. The van der Waals surface area contributed by atoms with Crippen LogP contribution in [0.1, 0.15) is 27.0 Å². The molecule has 0 saturated carbocycles. The third-order valence-corrected chi connectivity index (χ3v) is 6.52. The number of carbonyl (C=O) groups excluding carboxylic acids is 1. The summed E-state index contributed by atoms with van der Waals surface area (Å²) in [5.74, 6) is 1.21. The first kappa shape index (κ1) is 28.3. The second-order valence-electron chi connectivity index (χ2n) is 8.21. The number of H-pyrrole nitrogens is 1. The smallest absolute Gasteiger partial charge is 0.461 e. The van der Waals surface area contributed by atoms with Crippen LogP contribution in [-0.4, -0.2) is 67.3 Å². The van der Waals surface area contributed by atoms with E-state index in [2.05, 4.69) is 4.98 Å². The topological polar surface area (TPSA) is 188 Å². The maximum absolute atomic E-state index is 13.5. The number of aromatic amines is 1. The van der Waals surface area contributed by atoms with E-state index in [0.717, 1.165) is 6.33 Å². The number of hydrogen-bond acceptors (Lipinski definition) is 12. The predicted molar refractivity (Wildman–Crippen MR) is 125 cm³/mol. The molecule has 1 saturated heterocycles. The highest BCUT2D eigenvalue weighted by Gasteiger charge is 2.56. The first-order valence-electron chi connectivity index (χ1n) is 11.0. The number of aromatic nitrogens is 3. The molecule has 0 radical (unpaired) electrons. The summed E-state index contributed by atoms with van der Waals surface area (Å²) in [4.78, 5) is 41.0. The molecule has 0 amide bonds. The monoisotopic (exact) mass is 539 g/mol. The van der Waals surface area contributed by atoms with Crippen molar-refractivity contribution in [1.29, 1.82) is 0 Å². The van der Waals surface area contributed by atoms with E-state index in [0.29, 0.717) is 4.57 Å². The molecule has 0 spiro atoms. The number of esters is 1. The van der Waals surface area contributed by atoms with Gasteiger partial charge in [-0.1, -0.05) is 24.1 Å². The fraction of sp³-hybridized carbons (Fsp3) is 0.455. The Morgan fingerprint density at radius 1 is 1.32 bits per heavy atom. The van der Waals surface area contributed by atoms with Gasteiger partial charge in [0.05, 0.1) is 12.7 Å². The summed E-state index contributed by atoms with van der Waals surface area (Å²) in [6, 6.07) is 7.78. The van der Waals surface area contributed by atoms with E-state index >= 15 is 0 Å². The lowest BCUT2D eigenvalue weighted by molar-refractivity contribution is -0.156. The second-order valence-corrected chi connectivity index (χ2v) is 9.76. The van der Waals surface area contributed by atoms with Gasteiger partial charge >= 0.3 is 25.2 Å². The molecule has 6 atom stereocenters. The van der Waals surface area contributed by atoms with E-state index in [1.54, 1.807) is 32.0 Å². The summed E-state index contributed by atoms with van der Waals surface area (Å²) < 4.78 is 40.8. The number of nitrogens with zero attached hydrogens (tertiary/aromatic N) is 2. The van der Waals surface area contributed by atoms with Crippen LogP contribution < -0.4 is 15.9 Å². The van der Waals surface area contributed by atoms with Crippen molar-refractivity contribution in [2.75, 3.05) is 6.61 Å². The summed E-state index contributed by atoms with van der Waals surface area (Å²) in [6.45, 7) is 3.78. The van der Waals surface area contributed by atoms with Crippen LogP contribution in [0.4, 0.5) is 0 Å². The normalized spacial score (nSPS) is 25.7. The molecule has 14 nitrogen and oxygen atoms in total. The van der Waals surface area contributed by atoms with Crippen LogP contribution in [0.15, 0.2) is 46.2 Å². The quantitative estimate of drug-likeness (QED) is 0.210. The summed E-state index contributed by atoms with van der Waals surface area (Å²) in [7, 11) is -4.59. The average molecular weight is 539 g/mol. The van der Waals surface area contributed by atoms with Gasteiger partial charge in [-0.05, 0) is 32.9 Å². The molecular formula is C22H26N3O11P. The predicted octanol–water partition coefficient (Wildman–Crippen LogP) is 0.115. The van der Waals surface area contributed by atoms with E-state index in [1.807, 2.05) is 10.9 Å². The highest BCUT2D eigenvalue weighted by Crippen LogP contribution is 2.51. The van der Waals surface area contributed by atoms with Gasteiger partial charge in [0.15, 0.2) is 17.9 Å². The molecule has 200 valence electrons. The Balaban J connectivity index is 1.84. The lowest BCUT2D eigenvalue weighted by atomic mass is 9.95. The zero-order chi connectivity index (χ0) is 27.4. The molecule has 1 unspecified atom stereocenters. The fourth-order valence-corrected chi connectivity index (χ4v) is 4.62. The average Bonchev–Trinajstić information content (AvgIpc) is 3.08. The molecule has 1 fully saturated rings. The molecular weight excluding hydrogens is 513 g/mol. The molecule has 3 rings (SSSR count). The third-order valence-electron chi connectivity index (χ3n) is 5.04. The first-order valence-corrected chi connectivity index (χ1v) is 12.4. The minimum Gasteiger partial charge on any atom is -0.461 e. The fourth-order valence-electron chi connectivity index (χ4n) is 3.28. The Labute approximate surface area is 210 Å². The van der Waals surface area contributed by atoms with Gasteiger partial charge in [0.25, 0.3) is 0 Å². The number of ether oxygens (including phenoxy) is 2. The molecule has 2 heterocycles. The van der Waals surface area contributed by atoms with Gasteiger partial charge < -0.3 is 24.2 Å². The van der Waals surface area contributed by atoms with Gasteiger partial charge in [0.2, 0.25) is 0 Å². The van der Waals surface area contributed by atoms with E-state index in [1.165, 1.54) is 19.1 Å². The summed E-state index contributed by atoms with van der Waals surface area (Å²) in [5.41, 5.74) is -4.45. The number of aliphatic hydroxyl groups is 2. The Kier molecular flexibility index (Phi) is 8.70. The van der Waals surface area contributed by atoms with Crippen LogP contribution in [-0.2, 0) is 27.9 Å². The summed E-state index contributed by atoms with van der Waals surface area (Å²) in [6.07, 6.45) is -0.710. The molecule has 15 heteroatoms. The molecule has 37 heavy (non-hydrogen) atoms. The number of para-hydroxylation sites is 1. The minimum atomic E-state index is -4.59. The van der Waals surface area contributed by atoms with Crippen LogP contribution in [0.25, 0.3) is 0 Å². The van der Waals surface area contributed by atoms with Crippen LogP contribution in [0.3, 0.4) is 0 Å². The van der Waals surface area contributed by atoms with Gasteiger partial charge in [-0.25, -0.2) is 18.9 Å². The lowest BCUT2D eigenvalue weighted by Gasteiger charge is -2.26. The highest BCUT2D eigenvalue weighted by molar-refractivity contribution is 7.49. The van der Waals surface area contributed by atoms with Gasteiger partial charge in [-0.15, -0.1) is 6.42 Å². The molecule has 1 aromatic carbocycles. The van der Waals surface area contributed by atoms with Crippen molar-refractivity contribution in [2.45, 2.75) is 57.0 Å². The van der Waals surface area contributed by atoms with Crippen LogP contribution in [0.2, 0.25) is 0 Å². The first-order chi connectivity index (χ1) is 17.4. The highest BCUT2D eigenvalue weighted by atomic mass is 31.2. The molecule has 3 N–H and O–H groups in total. The number of phosphoric acid groups is 1. The maximum atomic E-state index is 13.5. The number of rotatable bonds is 10. The second kappa shape index (κ2) is 11.4. The molecule has 1 aliphatic rings. The number of phosphoric ester groups is 1. The van der Waals surface area contributed by atoms with E-state index in [-0.39, 0.29) is 5.75 Å². The number of benzene rings is 1. The van der Waals surface area contributed by atoms with Gasteiger partial charge in [-0.3, -0.25) is 18.6 Å². The van der Waals surface area contributed by atoms with Crippen molar-refractivity contribution >= 4 is 13.8 Å². The van der Waals surface area contributed by atoms with E-state index in [4.69, 9.17) is 29.5 Å².